The predicted molar refractivity (Wildman–Crippen MR) is 74.3 cm³/mol. The van der Waals surface area contributed by atoms with Crippen molar-refractivity contribution < 1.29 is 0 Å². The van der Waals surface area contributed by atoms with E-state index in [-0.39, 0.29) is 5.54 Å². The number of likely N-dealkylation sites (N-methyl/N-ethyl adjacent to an activating group) is 1. The fourth-order valence-electron chi connectivity index (χ4n) is 2.58. The summed E-state index contributed by atoms with van der Waals surface area (Å²) in [7, 11) is 4.41. The lowest BCUT2D eigenvalue weighted by Crippen LogP contribution is -2.57. The number of rotatable bonds is 4. The third-order valence-electron chi connectivity index (χ3n) is 4.08. The van der Waals surface area contributed by atoms with Crippen LogP contribution in [0.5, 0.6) is 0 Å². The first-order valence-electron chi connectivity index (χ1n) is 6.28. The first kappa shape index (κ1) is 13.0. The lowest BCUT2D eigenvalue weighted by Gasteiger charge is -2.46. The second-order valence-electron chi connectivity index (χ2n) is 5.17. The Morgan fingerprint density at radius 1 is 1.47 bits per heavy atom. The van der Waals surface area contributed by atoms with Crippen molar-refractivity contribution >= 4 is 11.3 Å². The Kier molecular flexibility index (Phi) is 4.20. The third-order valence-corrected chi connectivity index (χ3v) is 4.94. The lowest BCUT2D eigenvalue weighted by atomic mass is 9.86. The summed E-state index contributed by atoms with van der Waals surface area (Å²) in [5.74, 6) is 0. The molecule has 96 valence electrons. The van der Waals surface area contributed by atoms with Crippen molar-refractivity contribution in [1.82, 2.24) is 9.80 Å². The third kappa shape index (κ3) is 2.88. The number of hydrogen-bond donors (Lipinski definition) is 1. The summed E-state index contributed by atoms with van der Waals surface area (Å²) in [4.78, 5) is 6.29. The van der Waals surface area contributed by atoms with E-state index in [1.54, 1.807) is 0 Å². The van der Waals surface area contributed by atoms with E-state index in [1.807, 2.05) is 11.3 Å². The minimum absolute atomic E-state index is 0.205. The van der Waals surface area contributed by atoms with Crippen LogP contribution in [0.2, 0.25) is 0 Å². The van der Waals surface area contributed by atoms with Gasteiger partial charge in [0.1, 0.15) is 0 Å². The molecule has 0 saturated carbocycles. The summed E-state index contributed by atoms with van der Waals surface area (Å²) in [5.41, 5.74) is 6.26. The van der Waals surface area contributed by atoms with Crippen molar-refractivity contribution in [3.63, 3.8) is 0 Å². The highest BCUT2D eigenvalue weighted by Gasteiger charge is 2.36. The summed E-state index contributed by atoms with van der Waals surface area (Å²) >= 11 is 1.83. The Balaban J connectivity index is 2.02. The number of piperidine rings is 1. The van der Waals surface area contributed by atoms with E-state index < -0.39 is 0 Å². The second kappa shape index (κ2) is 5.48. The molecular weight excluding hydrogens is 230 g/mol. The van der Waals surface area contributed by atoms with Gasteiger partial charge in [0.25, 0.3) is 0 Å². The molecule has 1 saturated heterocycles. The number of nitrogens with zero attached hydrogens (tertiary/aromatic N) is 2. The van der Waals surface area contributed by atoms with Gasteiger partial charge in [-0.2, -0.15) is 0 Å². The molecule has 1 aromatic heterocycles. The van der Waals surface area contributed by atoms with Crippen molar-refractivity contribution in [3.05, 3.63) is 22.4 Å². The van der Waals surface area contributed by atoms with E-state index in [1.165, 1.54) is 17.7 Å². The van der Waals surface area contributed by atoms with E-state index >= 15 is 0 Å². The molecule has 1 fully saturated rings. The van der Waals surface area contributed by atoms with Crippen LogP contribution >= 0.6 is 11.3 Å². The smallest absolute Gasteiger partial charge is 0.0356 e. The standard InChI is InChI=1S/C13H23N3S/c1-15-7-5-13(11-14,6-8-15)16(2)10-12-4-3-9-17-12/h3-4,9H,5-8,10-11,14H2,1-2H3. The summed E-state index contributed by atoms with van der Waals surface area (Å²) in [6.45, 7) is 4.11. The molecule has 0 atom stereocenters. The Labute approximate surface area is 108 Å². The summed E-state index contributed by atoms with van der Waals surface area (Å²) in [6.07, 6.45) is 2.36. The summed E-state index contributed by atoms with van der Waals surface area (Å²) < 4.78 is 0. The fraction of sp³-hybridized carbons (Fsp3) is 0.692. The highest BCUT2D eigenvalue weighted by atomic mass is 32.1. The van der Waals surface area contributed by atoms with Crippen LogP contribution in [0, 0.1) is 0 Å². The monoisotopic (exact) mass is 253 g/mol. The number of likely N-dealkylation sites (tertiary alicyclic amines) is 1. The molecule has 1 aromatic rings. The minimum Gasteiger partial charge on any atom is -0.329 e. The van der Waals surface area contributed by atoms with Gasteiger partial charge in [-0.15, -0.1) is 11.3 Å². The first-order valence-corrected chi connectivity index (χ1v) is 7.16. The fourth-order valence-corrected chi connectivity index (χ4v) is 3.34. The van der Waals surface area contributed by atoms with Crippen molar-refractivity contribution in [1.29, 1.82) is 0 Å². The molecular formula is C13H23N3S. The lowest BCUT2D eigenvalue weighted by molar-refractivity contribution is 0.0492. The first-order chi connectivity index (χ1) is 8.16. The van der Waals surface area contributed by atoms with E-state index in [2.05, 4.69) is 41.4 Å². The van der Waals surface area contributed by atoms with Gasteiger partial charge in [0, 0.05) is 23.5 Å². The maximum Gasteiger partial charge on any atom is 0.0356 e. The highest BCUT2D eigenvalue weighted by molar-refractivity contribution is 7.09. The van der Waals surface area contributed by atoms with Gasteiger partial charge in [0.15, 0.2) is 0 Å². The van der Waals surface area contributed by atoms with Gasteiger partial charge in [-0.3, -0.25) is 4.90 Å². The molecule has 0 unspecified atom stereocenters. The summed E-state index contributed by atoms with van der Waals surface area (Å²) in [5, 5.41) is 2.15. The number of hydrogen-bond acceptors (Lipinski definition) is 4. The molecule has 2 heterocycles. The van der Waals surface area contributed by atoms with E-state index in [4.69, 9.17) is 5.73 Å². The van der Waals surface area contributed by atoms with Gasteiger partial charge in [-0.05, 0) is 51.5 Å². The predicted octanol–water partition coefficient (Wildman–Crippen LogP) is 1.60. The average Bonchev–Trinajstić information content (AvgIpc) is 2.83. The molecule has 0 amide bonds. The van der Waals surface area contributed by atoms with Gasteiger partial charge < -0.3 is 10.6 Å². The highest BCUT2D eigenvalue weighted by Crippen LogP contribution is 2.28. The quantitative estimate of drug-likeness (QED) is 0.885. The number of nitrogens with two attached hydrogens (primary N) is 1. The zero-order chi connectivity index (χ0) is 12.3. The van der Waals surface area contributed by atoms with Crippen LogP contribution < -0.4 is 5.73 Å². The van der Waals surface area contributed by atoms with Crippen LogP contribution in [0.3, 0.4) is 0 Å². The zero-order valence-corrected chi connectivity index (χ0v) is 11.7. The largest absolute Gasteiger partial charge is 0.329 e. The van der Waals surface area contributed by atoms with Crippen molar-refractivity contribution in [2.75, 3.05) is 33.7 Å². The second-order valence-corrected chi connectivity index (χ2v) is 6.20. The van der Waals surface area contributed by atoms with E-state index in [0.717, 1.165) is 26.2 Å². The van der Waals surface area contributed by atoms with Crippen LogP contribution in [-0.4, -0.2) is 49.1 Å². The summed E-state index contributed by atoms with van der Waals surface area (Å²) in [6, 6.07) is 4.33. The molecule has 0 bridgehead atoms. The Hall–Kier alpha value is -0.420. The molecule has 1 aliphatic heterocycles. The molecule has 2 rings (SSSR count). The Bertz CT molecular complexity index is 328. The normalized spacial score (nSPS) is 20.9. The Morgan fingerprint density at radius 3 is 2.71 bits per heavy atom. The topological polar surface area (TPSA) is 32.5 Å². The average molecular weight is 253 g/mol. The van der Waals surface area contributed by atoms with Gasteiger partial charge >= 0.3 is 0 Å². The van der Waals surface area contributed by atoms with Crippen LogP contribution in [0.25, 0.3) is 0 Å². The maximum absolute atomic E-state index is 6.06. The van der Waals surface area contributed by atoms with Crippen LogP contribution in [0.4, 0.5) is 0 Å². The molecule has 4 heteroatoms. The number of thiophene rings is 1. The molecule has 0 spiro atoms. The maximum atomic E-state index is 6.06. The van der Waals surface area contributed by atoms with Crippen molar-refractivity contribution in [2.45, 2.75) is 24.9 Å². The molecule has 0 aromatic carbocycles. The van der Waals surface area contributed by atoms with Crippen molar-refractivity contribution in [3.8, 4) is 0 Å². The molecule has 2 N–H and O–H groups in total. The zero-order valence-electron chi connectivity index (χ0n) is 10.9. The molecule has 17 heavy (non-hydrogen) atoms. The van der Waals surface area contributed by atoms with Gasteiger partial charge in [0.2, 0.25) is 0 Å². The van der Waals surface area contributed by atoms with Gasteiger partial charge in [-0.25, -0.2) is 0 Å². The van der Waals surface area contributed by atoms with Crippen LogP contribution in [0.1, 0.15) is 17.7 Å². The molecule has 0 aliphatic carbocycles. The van der Waals surface area contributed by atoms with Gasteiger partial charge in [0.05, 0.1) is 0 Å². The minimum atomic E-state index is 0.205. The van der Waals surface area contributed by atoms with E-state index in [9.17, 15) is 0 Å². The van der Waals surface area contributed by atoms with Crippen LogP contribution in [0.15, 0.2) is 17.5 Å². The van der Waals surface area contributed by atoms with Crippen molar-refractivity contribution in [2.24, 2.45) is 5.73 Å². The SMILES string of the molecule is CN1CCC(CN)(N(C)Cc2cccs2)CC1. The van der Waals surface area contributed by atoms with Gasteiger partial charge in [-0.1, -0.05) is 6.07 Å². The molecule has 1 aliphatic rings. The molecule has 0 radical (unpaired) electrons. The van der Waals surface area contributed by atoms with E-state index in [0.29, 0.717) is 0 Å². The Morgan fingerprint density at radius 2 is 2.18 bits per heavy atom. The van der Waals surface area contributed by atoms with Crippen LogP contribution in [-0.2, 0) is 6.54 Å². The molecule has 3 nitrogen and oxygen atoms in total.